The zero-order valence-corrected chi connectivity index (χ0v) is 19.9. The highest BCUT2D eigenvalue weighted by atomic mass is 16.5. The smallest absolute Gasteiger partial charge is 0.278 e. The molecule has 2 aromatic carbocycles. The predicted molar refractivity (Wildman–Crippen MR) is 131 cm³/mol. The van der Waals surface area contributed by atoms with Crippen molar-refractivity contribution in [3.8, 4) is 11.4 Å². The molecule has 8 heteroatoms. The number of aryl methyl sites for hydroxylation is 2. The Kier molecular flexibility index (Phi) is 6.77. The second kappa shape index (κ2) is 9.91. The molecule has 0 fully saturated rings. The topological polar surface area (TPSA) is 91.0 Å². The van der Waals surface area contributed by atoms with Crippen molar-refractivity contribution in [3.05, 3.63) is 81.9 Å². The van der Waals surface area contributed by atoms with E-state index in [0.717, 1.165) is 22.7 Å². The van der Waals surface area contributed by atoms with Gasteiger partial charge in [0.25, 0.3) is 5.56 Å². The van der Waals surface area contributed by atoms with E-state index < -0.39 is 6.04 Å². The van der Waals surface area contributed by atoms with Crippen LogP contribution in [0, 0.1) is 13.8 Å². The molecule has 1 atom stereocenters. The molecule has 0 aliphatic carbocycles. The monoisotopic (exact) mass is 459 g/mol. The maximum atomic E-state index is 13.5. The summed E-state index contributed by atoms with van der Waals surface area (Å²) in [6, 6.07) is 16.5. The minimum Gasteiger partial charge on any atom is -0.494 e. The van der Waals surface area contributed by atoms with E-state index in [4.69, 9.17) is 4.74 Å². The van der Waals surface area contributed by atoms with Gasteiger partial charge in [-0.15, -0.1) is 0 Å². The van der Waals surface area contributed by atoms with Gasteiger partial charge in [-0.2, -0.15) is 10.2 Å². The number of carbonyl (C=O) groups excluding carboxylic acids is 1. The summed E-state index contributed by atoms with van der Waals surface area (Å²) >= 11 is 0. The van der Waals surface area contributed by atoms with Crippen LogP contribution in [-0.4, -0.2) is 32.1 Å². The first-order chi connectivity index (χ1) is 16.4. The maximum Gasteiger partial charge on any atom is 0.278 e. The van der Waals surface area contributed by atoms with Crippen LogP contribution in [0.3, 0.4) is 0 Å². The van der Waals surface area contributed by atoms with E-state index in [0.29, 0.717) is 36.2 Å². The third-order valence-electron chi connectivity index (χ3n) is 5.83. The molecule has 176 valence electrons. The molecule has 1 amide bonds. The molecule has 34 heavy (non-hydrogen) atoms. The van der Waals surface area contributed by atoms with E-state index in [9.17, 15) is 9.59 Å². The van der Waals surface area contributed by atoms with Gasteiger partial charge in [-0.3, -0.25) is 9.59 Å². The van der Waals surface area contributed by atoms with Crippen molar-refractivity contribution >= 4 is 16.8 Å². The van der Waals surface area contributed by atoms with Gasteiger partial charge in [0.2, 0.25) is 5.91 Å². The molecule has 4 rings (SSSR count). The molecule has 0 saturated heterocycles. The predicted octanol–water partition coefficient (Wildman–Crippen LogP) is 3.87. The molecule has 8 nitrogen and oxygen atoms in total. The quantitative estimate of drug-likeness (QED) is 0.432. The fourth-order valence-electron chi connectivity index (χ4n) is 4.06. The molecule has 0 bridgehead atoms. The number of aromatic nitrogens is 4. The van der Waals surface area contributed by atoms with Crippen molar-refractivity contribution in [1.82, 2.24) is 24.9 Å². The molecule has 0 aliphatic rings. The first-order valence-corrected chi connectivity index (χ1v) is 11.5. The molecule has 0 saturated carbocycles. The molecule has 2 aromatic heterocycles. The van der Waals surface area contributed by atoms with Gasteiger partial charge < -0.3 is 10.1 Å². The average molecular weight is 460 g/mol. The Morgan fingerprint density at radius 3 is 2.38 bits per heavy atom. The molecule has 0 spiro atoms. The van der Waals surface area contributed by atoms with Crippen molar-refractivity contribution in [2.45, 2.75) is 46.7 Å². The van der Waals surface area contributed by atoms with Gasteiger partial charge in [0.15, 0.2) is 0 Å². The van der Waals surface area contributed by atoms with Crippen molar-refractivity contribution in [2.24, 2.45) is 0 Å². The van der Waals surface area contributed by atoms with Gasteiger partial charge in [0.05, 0.1) is 29.1 Å². The van der Waals surface area contributed by atoms with E-state index in [1.54, 1.807) is 4.68 Å². The molecule has 0 aliphatic heterocycles. The van der Waals surface area contributed by atoms with Crippen LogP contribution in [0.1, 0.15) is 43.3 Å². The van der Waals surface area contributed by atoms with Gasteiger partial charge in [0.1, 0.15) is 17.3 Å². The van der Waals surface area contributed by atoms with Crippen LogP contribution in [0.2, 0.25) is 0 Å². The van der Waals surface area contributed by atoms with Crippen LogP contribution < -0.4 is 15.6 Å². The Hall–Kier alpha value is -3.94. The second-order valence-corrected chi connectivity index (χ2v) is 8.11. The summed E-state index contributed by atoms with van der Waals surface area (Å²) in [5.41, 5.74) is 3.36. The minimum absolute atomic E-state index is 0.252. The fourth-order valence-corrected chi connectivity index (χ4v) is 4.06. The first-order valence-electron chi connectivity index (χ1n) is 11.5. The van der Waals surface area contributed by atoms with Gasteiger partial charge in [-0.1, -0.05) is 37.3 Å². The van der Waals surface area contributed by atoms with E-state index in [2.05, 4.69) is 15.5 Å². The summed E-state index contributed by atoms with van der Waals surface area (Å²) in [4.78, 5) is 26.5. The van der Waals surface area contributed by atoms with E-state index >= 15 is 0 Å². The van der Waals surface area contributed by atoms with Crippen LogP contribution >= 0.6 is 0 Å². The third-order valence-corrected chi connectivity index (χ3v) is 5.83. The largest absolute Gasteiger partial charge is 0.494 e. The van der Waals surface area contributed by atoms with E-state index in [-0.39, 0.29) is 11.5 Å². The number of carbonyl (C=O) groups is 1. The lowest BCUT2D eigenvalue weighted by Gasteiger charge is -2.17. The normalized spacial score (nSPS) is 12.0. The zero-order valence-electron chi connectivity index (χ0n) is 19.9. The zero-order chi connectivity index (χ0) is 24.2. The lowest BCUT2D eigenvalue weighted by atomic mass is 10.1. The average Bonchev–Trinajstić information content (AvgIpc) is 3.21. The van der Waals surface area contributed by atoms with Crippen LogP contribution in [0.15, 0.2) is 59.4 Å². The molecule has 1 N–H and O–H groups in total. The summed E-state index contributed by atoms with van der Waals surface area (Å²) in [7, 11) is 0. The van der Waals surface area contributed by atoms with Crippen molar-refractivity contribution < 1.29 is 9.53 Å². The van der Waals surface area contributed by atoms with Crippen LogP contribution in [-0.2, 0) is 11.3 Å². The lowest BCUT2D eigenvalue weighted by molar-refractivity contribution is -0.125. The Balaban J connectivity index is 1.63. The van der Waals surface area contributed by atoms with Crippen molar-refractivity contribution in [3.63, 3.8) is 0 Å². The van der Waals surface area contributed by atoms with Gasteiger partial charge in [-0.05, 0) is 57.0 Å². The standard InChI is InChI=1S/C26H29N5O3/c1-5-22(25(32)27-16-19-12-14-21(15-13-19)34-6-2)31-26(33)23-18(4)30(20-10-8-7-9-11-20)29-24(23)17(3)28-31/h7-15,22H,5-6,16H2,1-4H3,(H,27,32)/t22-/m0/s1. The number of rotatable bonds is 8. The number of nitrogens with zero attached hydrogens (tertiary/aromatic N) is 4. The van der Waals surface area contributed by atoms with Gasteiger partial charge in [-0.25, -0.2) is 9.36 Å². The van der Waals surface area contributed by atoms with Crippen molar-refractivity contribution in [2.75, 3.05) is 6.61 Å². The number of para-hydroxylation sites is 1. The fraction of sp³-hybridized carbons (Fsp3) is 0.308. The summed E-state index contributed by atoms with van der Waals surface area (Å²) < 4.78 is 8.51. The van der Waals surface area contributed by atoms with E-state index in [1.165, 1.54) is 4.68 Å². The molecular formula is C26H29N5O3. The highest BCUT2D eigenvalue weighted by Gasteiger charge is 2.25. The Labute approximate surface area is 198 Å². The summed E-state index contributed by atoms with van der Waals surface area (Å²) in [6.07, 6.45) is 0.429. The number of fused-ring (bicyclic) bond motifs is 1. The van der Waals surface area contributed by atoms with Crippen LogP contribution in [0.25, 0.3) is 16.6 Å². The SMILES string of the molecule is CCOc1ccc(CNC(=O)[C@H](CC)n2nc(C)c3nn(-c4ccccc4)c(C)c3c2=O)cc1. The second-order valence-electron chi connectivity index (χ2n) is 8.11. The molecule has 2 heterocycles. The summed E-state index contributed by atoms with van der Waals surface area (Å²) in [6.45, 7) is 8.43. The number of hydrogen-bond acceptors (Lipinski definition) is 5. The highest BCUT2D eigenvalue weighted by Crippen LogP contribution is 2.21. The molecule has 0 radical (unpaired) electrons. The molecular weight excluding hydrogens is 430 g/mol. The summed E-state index contributed by atoms with van der Waals surface area (Å²) in [5, 5.41) is 12.5. The number of nitrogens with one attached hydrogen (secondary N) is 1. The van der Waals surface area contributed by atoms with Crippen LogP contribution in [0.5, 0.6) is 5.75 Å². The maximum absolute atomic E-state index is 13.5. The number of benzene rings is 2. The minimum atomic E-state index is -0.724. The molecule has 0 unspecified atom stereocenters. The highest BCUT2D eigenvalue weighted by molar-refractivity contribution is 5.84. The lowest BCUT2D eigenvalue weighted by Crippen LogP contribution is -2.38. The van der Waals surface area contributed by atoms with Crippen molar-refractivity contribution in [1.29, 1.82) is 0 Å². The van der Waals surface area contributed by atoms with Gasteiger partial charge in [0, 0.05) is 6.54 Å². The number of hydrogen-bond donors (Lipinski definition) is 1. The Morgan fingerprint density at radius 2 is 1.74 bits per heavy atom. The number of amides is 1. The van der Waals surface area contributed by atoms with E-state index in [1.807, 2.05) is 82.3 Å². The van der Waals surface area contributed by atoms with Crippen LogP contribution in [0.4, 0.5) is 0 Å². The summed E-state index contributed by atoms with van der Waals surface area (Å²) in [5.74, 6) is 0.535. The Morgan fingerprint density at radius 1 is 1.03 bits per heavy atom. The third kappa shape index (κ3) is 4.44. The number of ether oxygens (including phenoxy) is 1. The first kappa shape index (κ1) is 23.2. The molecule has 4 aromatic rings. The van der Waals surface area contributed by atoms with Gasteiger partial charge >= 0.3 is 0 Å². The Bertz CT molecular complexity index is 1360.